The molecule has 0 fully saturated rings. The normalized spacial score (nSPS) is 12.6. The van der Waals surface area contributed by atoms with Crippen LogP contribution in [0.5, 0.6) is 0 Å². The Hall–Kier alpha value is -2.80. The zero-order valence-corrected chi connectivity index (χ0v) is 13.2. The molecule has 1 nitrogen and oxygen atoms in total. The average Bonchev–Trinajstić information content (AvgIpc) is 2.95. The molecule has 0 saturated carbocycles. The molecule has 0 saturated heterocycles. The first kappa shape index (κ1) is 13.8. The largest absolute Gasteiger partial charge is 0.309 e. The van der Waals surface area contributed by atoms with E-state index in [1.165, 1.54) is 33.1 Å². The van der Waals surface area contributed by atoms with Crippen molar-refractivity contribution >= 4 is 21.8 Å². The van der Waals surface area contributed by atoms with E-state index in [1.807, 2.05) is 6.08 Å². The molecule has 1 aromatic heterocycles. The van der Waals surface area contributed by atoms with Crippen molar-refractivity contribution in [3.63, 3.8) is 0 Å². The highest BCUT2D eigenvalue weighted by molar-refractivity contribution is 6.09. The number of rotatable bonds is 3. The molecule has 1 unspecified atom stereocenters. The Bertz CT molecular complexity index is 993. The van der Waals surface area contributed by atoms with Gasteiger partial charge in [0.2, 0.25) is 0 Å². The Morgan fingerprint density at radius 2 is 1.52 bits per heavy atom. The highest BCUT2D eigenvalue weighted by atomic mass is 15.0. The lowest BCUT2D eigenvalue weighted by atomic mass is 9.99. The summed E-state index contributed by atoms with van der Waals surface area (Å²) in [6, 6.07) is 25.9. The van der Waals surface area contributed by atoms with Crippen LogP contribution < -0.4 is 0 Å². The summed E-state index contributed by atoms with van der Waals surface area (Å²) >= 11 is 0. The first-order valence-corrected chi connectivity index (χ1v) is 8.00. The second kappa shape index (κ2) is 5.44. The van der Waals surface area contributed by atoms with Crippen LogP contribution >= 0.6 is 0 Å². The van der Waals surface area contributed by atoms with Crippen molar-refractivity contribution < 1.29 is 0 Å². The summed E-state index contributed by atoms with van der Waals surface area (Å²) < 4.78 is 2.34. The van der Waals surface area contributed by atoms with Gasteiger partial charge in [0, 0.05) is 16.5 Å². The summed E-state index contributed by atoms with van der Waals surface area (Å²) in [4.78, 5) is 0. The van der Waals surface area contributed by atoms with Crippen LogP contribution in [0.15, 0.2) is 85.5 Å². The molecule has 0 radical (unpaired) electrons. The fraction of sp³-hybridized carbons (Fsp3) is 0.0909. The van der Waals surface area contributed by atoms with Crippen LogP contribution in [0.25, 0.3) is 27.5 Å². The maximum absolute atomic E-state index is 3.93. The van der Waals surface area contributed by atoms with Crippen LogP contribution in [-0.4, -0.2) is 4.57 Å². The molecule has 1 heterocycles. The van der Waals surface area contributed by atoms with Gasteiger partial charge in [-0.05, 0) is 41.8 Å². The molecule has 3 aromatic carbocycles. The van der Waals surface area contributed by atoms with E-state index in [0.717, 1.165) is 0 Å². The van der Waals surface area contributed by atoms with Gasteiger partial charge in [-0.15, -0.1) is 6.58 Å². The Kier molecular flexibility index (Phi) is 3.27. The predicted octanol–water partition coefficient (Wildman–Crippen LogP) is 6.07. The van der Waals surface area contributed by atoms with E-state index in [0.29, 0.717) is 5.92 Å². The van der Waals surface area contributed by atoms with Crippen LogP contribution in [0, 0.1) is 0 Å². The zero-order chi connectivity index (χ0) is 15.8. The molecule has 1 heteroatoms. The molecule has 0 amide bonds. The van der Waals surface area contributed by atoms with E-state index in [1.54, 1.807) is 0 Å². The zero-order valence-electron chi connectivity index (χ0n) is 13.2. The molecule has 4 aromatic rings. The molecule has 0 aliphatic carbocycles. The Labute approximate surface area is 136 Å². The van der Waals surface area contributed by atoms with Gasteiger partial charge in [0.15, 0.2) is 0 Å². The summed E-state index contributed by atoms with van der Waals surface area (Å²) in [5, 5.41) is 2.60. The van der Waals surface area contributed by atoms with Crippen molar-refractivity contribution in [2.24, 2.45) is 0 Å². The summed E-state index contributed by atoms with van der Waals surface area (Å²) in [6.07, 6.45) is 2.00. The molecule has 23 heavy (non-hydrogen) atoms. The summed E-state index contributed by atoms with van der Waals surface area (Å²) in [5.74, 6) is 0.359. The average molecular weight is 297 g/mol. The van der Waals surface area contributed by atoms with Crippen molar-refractivity contribution in [2.45, 2.75) is 12.8 Å². The summed E-state index contributed by atoms with van der Waals surface area (Å²) in [5.41, 5.74) is 5.00. The standard InChI is InChI=1S/C22H19N/c1-3-16(2)17-13-14-22-20(15-17)19-11-7-8-12-21(19)23(22)18-9-5-4-6-10-18/h3-16H,1H2,2H3. The fourth-order valence-electron chi connectivity index (χ4n) is 3.27. The minimum atomic E-state index is 0.359. The molecular formula is C22H19N. The van der Waals surface area contributed by atoms with Gasteiger partial charge in [0.1, 0.15) is 0 Å². The molecule has 0 N–H and O–H groups in total. The van der Waals surface area contributed by atoms with Gasteiger partial charge in [0.25, 0.3) is 0 Å². The highest BCUT2D eigenvalue weighted by Gasteiger charge is 2.13. The molecule has 0 spiro atoms. The predicted molar refractivity (Wildman–Crippen MR) is 99.4 cm³/mol. The van der Waals surface area contributed by atoms with Gasteiger partial charge in [-0.3, -0.25) is 0 Å². The highest BCUT2D eigenvalue weighted by Crippen LogP contribution is 2.33. The first-order valence-electron chi connectivity index (χ1n) is 8.00. The maximum atomic E-state index is 3.93. The number of allylic oxidation sites excluding steroid dienone is 1. The number of para-hydroxylation sites is 2. The third kappa shape index (κ3) is 2.17. The molecule has 112 valence electrons. The molecule has 0 bridgehead atoms. The van der Waals surface area contributed by atoms with Crippen LogP contribution in [0.1, 0.15) is 18.4 Å². The number of hydrogen-bond acceptors (Lipinski definition) is 0. The molecular weight excluding hydrogens is 278 g/mol. The monoisotopic (exact) mass is 297 g/mol. The number of benzene rings is 3. The minimum absolute atomic E-state index is 0.359. The fourth-order valence-corrected chi connectivity index (χ4v) is 3.27. The molecule has 4 rings (SSSR count). The van der Waals surface area contributed by atoms with Gasteiger partial charge < -0.3 is 4.57 Å². The van der Waals surface area contributed by atoms with E-state index < -0.39 is 0 Å². The molecule has 0 aliphatic heterocycles. The quantitative estimate of drug-likeness (QED) is 0.404. The van der Waals surface area contributed by atoms with E-state index in [9.17, 15) is 0 Å². The Balaban J connectivity index is 2.11. The SMILES string of the molecule is C=CC(C)c1ccc2c(c1)c1ccccc1n2-c1ccccc1. The van der Waals surface area contributed by atoms with E-state index >= 15 is 0 Å². The smallest absolute Gasteiger partial charge is 0.0541 e. The van der Waals surface area contributed by atoms with E-state index in [4.69, 9.17) is 0 Å². The van der Waals surface area contributed by atoms with Crippen LogP contribution in [-0.2, 0) is 0 Å². The van der Waals surface area contributed by atoms with Crippen LogP contribution in [0.4, 0.5) is 0 Å². The Morgan fingerprint density at radius 1 is 0.826 bits per heavy atom. The van der Waals surface area contributed by atoms with Crippen LogP contribution in [0.3, 0.4) is 0 Å². The van der Waals surface area contributed by atoms with E-state index in [2.05, 4.69) is 90.9 Å². The lowest BCUT2D eigenvalue weighted by Gasteiger charge is -2.09. The van der Waals surface area contributed by atoms with Gasteiger partial charge in [-0.25, -0.2) is 0 Å². The second-order valence-electron chi connectivity index (χ2n) is 5.99. The van der Waals surface area contributed by atoms with Gasteiger partial charge >= 0.3 is 0 Å². The van der Waals surface area contributed by atoms with Gasteiger partial charge in [-0.1, -0.05) is 55.5 Å². The third-order valence-corrected chi connectivity index (χ3v) is 4.59. The summed E-state index contributed by atoms with van der Waals surface area (Å²) in [6.45, 7) is 6.11. The van der Waals surface area contributed by atoms with Gasteiger partial charge in [0.05, 0.1) is 11.0 Å². The maximum Gasteiger partial charge on any atom is 0.0541 e. The van der Waals surface area contributed by atoms with Gasteiger partial charge in [-0.2, -0.15) is 0 Å². The lowest BCUT2D eigenvalue weighted by Crippen LogP contribution is -1.93. The van der Waals surface area contributed by atoms with Crippen molar-refractivity contribution in [2.75, 3.05) is 0 Å². The van der Waals surface area contributed by atoms with Crippen molar-refractivity contribution in [1.29, 1.82) is 0 Å². The van der Waals surface area contributed by atoms with Crippen molar-refractivity contribution in [1.82, 2.24) is 4.57 Å². The number of fused-ring (bicyclic) bond motifs is 3. The first-order chi connectivity index (χ1) is 11.3. The van der Waals surface area contributed by atoms with Crippen molar-refractivity contribution in [3.8, 4) is 5.69 Å². The number of aromatic nitrogens is 1. The Morgan fingerprint density at radius 3 is 2.30 bits per heavy atom. The summed E-state index contributed by atoms with van der Waals surface area (Å²) in [7, 11) is 0. The van der Waals surface area contributed by atoms with Crippen molar-refractivity contribution in [3.05, 3.63) is 91.0 Å². The molecule has 0 aliphatic rings. The minimum Gasteiger partial charge on any atom is -0.309 e. The second-order valence-corrected chi connectivity index (χ2v) is 5.99. The third-order valence-electron chi connectivity index (χ3n) is 4.59. The topological polar surface area (TPSA) is 4.93 Å². The van der Waals surface area contributed by atoms with Crippen LogP contribution in [0.2, 0.25) is 0 Å². The lowest BCUT2D eigenvalue weighted by molar-refractivity contribution is 0.974. The number of hydrogen-bond donors (Lipinski definition) is 0. The van der Waals surface area contributed by atoms with E-state index in [-0.39, 0.29) is 0 Å². The molecule has 1 atom stereocenters. The number of nitrogens with zero attached hydrogens (tertiary/aromatic N) is 1.